The smallest absolute Gasteiger partial charge is 0.253 e. The molecule has 29 heavy (non-hydrogen) atoms. The molecular formula is C24H31N3O2. The van der Waals surface area contributed by atoms with E-state index < -0.39 is 0 Å². The molecule has 2 N–H and O–H groups in total. The number of para-hydroxylation sites is 1. The van der Waals surface area contributed by atoms with Gasteiger partial charge < -0.3 is 10.6 Å². The summed E-state index contributed by atoms with van der Waals surface area (Å²) in [4.78, 5) is 27.4. The first-order chi connectivity index (χ1) is 14.0. The van der Waals surface area contributed by atoms with Crippen LogP contribution in [0.1, 0.15) is 36.2 Å². The van der Waals surface area contributed by atoms with Gasteiger partial charge in [0.2, 0.25) is 5.91 Å². The molecule has 1 heterocycles. The molecule has 0 radical (unpaired) electrons. The highest BCUT2D eigenvalue weighted by Crippen LogP contribution is 2.21. The predicted molar refractivity (Wildman–Crippen MR) is 117 cm³/mol. The molecule has 1 aliphatic rings. The number of likely N-dealkylation sites (tertiary alicyclic amines) is 1. The van der Waals surface area contributed by atoms with Gasteiger partial charge in [0.15, 0.2) is 0 Å². The molecule has 0 aromatic heterocycles. The van der Waals surface area contributed by atoms with Gasteiger partial charge in [-0.2, -0.15) is 0 Å². The maximum absolute atomic E-state index is 12.6. The molecule has 2 amide bonds. The van der Waals surface area contributed by atoms with E-state index in [1.54, 1.807) is 12.1 Å². The zero-order valence-electron chi connectivity index (χ0n) is 17.4. The molecular weight excluding hydrogens is 362 g/mol. The molecule has 0 unspecified atom stereocenters. The molecule has 154 valence electrons. The number of hydrogen-bond donors (Lipinski definition) is 2. The molecule has 5 nitrogen and oxygen atoms in total. The Hall–Kier alpha value is -2.66. The molecule has 1 aliphatic heterocycles. The number of piperidine rings is 1. The predicted octanol–water partition coefficient (Wildman–Crippen LogP) is 3.58. The zero-order chi connectivity index (χ0) is 20.6. The lowest BCUT2D eigenvalue weighted by molar-refractivity contribution is -0.117. The third kappa shape index (κ3) is 6.43. The lowest BCUT2D eigenvalue weighted by atomic mass is 9.92. The number of nitrogens with one attached hydrogen (secondary N) is 2. The first-order valence-electron chi connectivity index (χ1n) is 10.4. The second-order valence-electron chi connectivity index (χ2n) is 8.23. The fraction of sp³-hybridized carbons (Fsp3) is 0.417. The summed E-state index contributed by atoms with van der Waals surface area (Å²) in [5.74, 6) is 0.969. The van der Waals surface area contributed by atoms with Crippen LogP contribution in [0.15, 0.2) is 54.6 Å². The van der Waals surface area contributed by atoms with Crippen LogP contribution < -0.4 is 10.6 Å². The van der Waals surface area contributed by atoms with Crippen LogP contribution in [0.5, 0.6) is 0 Å². The van der Waals surface area contributed by atoms with Crippen molar-refractivity contribution in [3.05, 3.63) is 65.7 Å². The van der Waals surface area contributed by atoms with E-state index in [9.17, 15) is 9.59 Å². The van der Waals surface area contributed by atoms with Crippen LogP contribution in [0.3, 0.4) is 0 Å². The molecule has 0 saturated carbocycles. The van der Waals surface area contributed by atoms with E-state index >= 15 is 0 Å². The Bertz CT molecular complexity index is 812. The van der Waals surface area contributed by atoms with Crippen LogP contribution in [-0.2, 0) is 11.2 Å². The third-order valence-electron chi connectivity index (χ3n) is 5.30. The van der Waals surface area contributed by atoms with Gasteiger partial charge >= 0.3 is 0 Å². The molecule has 0 aliphatic carbocycles. The Kier molecular flexibility index (Phi) is 7.42. The van der Waals surface area contributed by atoms with Crippen LogP contribution in [0.25, 0.3) is 0 Å². The lowest BCUT2D eigenvalue weighted by Crippen LogP contribution is -2.43. The van der Waals surface area contributed by atoms with Crippen LogP contribution >= 0.6 is 0 Å². The summed E-state index contributed by atoms with van der Waals surface area (Å²) in [5.41, 5.74) is 2.24. The van der Waals surface area contributed by atoms with Crippen molar-refractivity contribution >= 4 is 17.5 Å². The summed E-state index contributed by atoms with van der Waals surface area (Å²) >= 11 is 0. The normalized spacial score (nSPS) is 19.5. The summed E-state index contributed by atoms with van der Waals surface area (Å²) in [7, 11) is 0. The van der Waals surface area contributed by atoms with Gasteiger partial charge in [0.25, 0.3) is 5.91 Å². The standard InChI is InChI=1S/C24H31N3O2/c1-18-14-19(2)16-27(15-18)17-23(28)26-22-11-7-6-10-21(22)24(29)25-13-12-20-8-4-3-5-9-20/h3-11,18-19H,12-17H2,1-2H3,(H,25,29)(H,26,28)/t18-,19-/m1/s1. The van der Waals surface area contributed by atoms with E-state index in [1.165, 1.54) is 12.0 Å². The highest BCUT2D eigenvalue weighted by atomic mass is 16.2. The second-order valence-corrected chi connectivity index (χ2v) is 8.23. The molecule has 2 aromatic rings. The SMILES string of the molecule is C[C@@H]1C[C@@H](C)CN(CC(=O)Nc2ccccc2C(=O)NCCc2ccccc2)C1. The molecule has 1 saturated heterocycles. The van der Waals surface area contributed by atoms with Crippen molar-refractivity contribution in [3.8, 4) is 0 Å². The number of rotatable bonds is 7. The van der Waals surface area contributed by atoms with E-state index in [0.29, 0.717) is 36.2 Å². The Balaban J connectivity index is 1.55. The number of carbonyl (C=O) groups excluding carboxylic acids is 2. The van der Waals surface area contributed by atoms with Gasteiger partial charge in [-0.25, -0.2) is 0 Å². The zero-order valence-corrected chi connectivity index (χ0v) is 17.4. The third-order valence-corrected chi connectivity index (χ3v) is 5.30. The van der Waals surface area contributed by atoms with Crippen LogP contribution in [0, 0.1) is 11.8 Å². The molecule has 1 fully saturated rings. The summed E-state index contributed by atoms with van der Waals surface area (Å²) in [6.07, 6.45) is 1.98. The van der Waals surface area contributed by atoms with Crippen LogP contribution in [0.4, 0.5) is 5.69 Å². The maximum atomic E-state index is 12.6. The monoisotopic (exact) mass is 393 g/mol. The fourth-order valence-corrected chi connectivity index (χ4v) is 4.16. The van der Waals surface area contributed by atoms with Crippen molar-refractivity contribution in [2.75, 3.05) is 31.5 Å². The highest BCUT2D eigenvalue weighted by molar-refractivity contribution is 6.04. The molecule has 3 rings (SSSR count). The van der Waals surface area contributed by atoms with Gasteiger partial charge in [-0.15, -0.1) is 0 Å². The van der Waals surface area contributed by atoms with Gasteiger partial charge in [-0.1, -0.05) is 56.3 Å². The van der Waals surface area contributed by atoms with Crippen molar-refractivity contribution in [1.29, 1.82) is 0 Å². The Morgan fingerprint density at radius 2 is 1.62 bits per heavy atom. The summed E-state index contributed by atoms with van der Waals surface area (Å²) < 4.78 is 0. The summed E-state index contributed by atoms with van der Waals surface area (Å²) in [6, 6.07) is 17.2. The van der Waals surface area contributed by atoms with E-state index in [2.05, 4.69) is 29.4 Å². The van der Waals surface area contributed by atoms with E-state index in [1.807, 2.05) is 42.5 Å². The van der Waals surface area contributed by atoms with Gasteiger partial charge in [0.1, 0.15) is 0 Å². The lowest BCUT2D eigenvalue weighted by Gasteiger charge is -2.34. The average Bonchev–Trinajstić information content (AvgIpc) is 2.68. The maximum Gasteiger partial charge on any atom is 0.253 e. The molecule has 2 aromatic carbocycles. The van der Waals surface area contributed by atoms with Crippen molar-refractivity contribution in [2.24, 2.45) is 11.8 Å². The summed E-state index contributed by atoms with van der Waals surface area (Å²) in [6.45, 7) is 7.26. The first-order valence-corrected chi connectivity index (χ1v) is 10.4. The number of hydrogen-bond acceptors (Lipinski definition) is 3. The van der Waals surface area contributed by atoms with Crippen molar-refractivity contribution in [1.82, 2.24) is 10.2 Å². The van der Waals surface area contributed by atoms with Gasteiger partial charge in [-0.3, -0.25) is 14.5 Å². The molecule has 5 heteroatoms. The van der Waals surface area contributed by atoms with Crippen molar-refractivity contribution < 1.29 is 9.59 Å². The Morgan fingerprint density at radius 3 is 2.34 bits per heavy atom. The van der Waals surface area contributed by atoms with Gasteiger partial charge in [-0.05, 0) is 42.4 Å². The van der Waals surface area contributed by atoms with E-state index in [4.69, 9.17) is 0 Å². The largest absolute Gasteiger partial charge is 0.352 e. The number of benzene rings is 2. The minimum absolute atomic E-state index is 0.0733. The van der Waals surface area contributed by atoms with Gasteiger partial charge in [0, 0.05) is 19.6 Å². The number of amides is 2. The quantitative estimate of drug-likeness (QED) is 0.756. The number of carbonyl (C=O) groups is 2. The first kappa shape index (κ1) is 21.1. The van der Waals surface area contributed by atoms with E-state index in [0.717, 1.165) is 19.5 Å². The van der Waals surface area contributed by atoms with Gasteiger partial charge in [0.05, 0.1) is 17.8 Å². The molecule has 2 atom stereocenters. The average molecular weight is 394 g/mol. The fourth-order valence-electron chi connectivity index (χ4n) is 4.16. The highest BCUT2D eigenvalue weighted by Gasteiger charge is 2.23. The minimum Gasteiger partial charge on any atom is -0.352 e. The number of anilines is 1. The second kappa shape index (κ2) is 10.2. The Morgan fingerprint density at radius 1 is 0.966 bits per heavy atom. The molecule has 0 spiro atoms. The van der Waals surface area contributed by atoms with Crippen molar-refractivity contribution in [2.45, 2.75) is 26.7 Å². The Labute approximate surface area is 173 Å². The summed E-state index contributed by atoms with van der Waals surface area (Å²) in [5, 5.41) is 5.89. The van der Waals surface area contributed by atoms with E-state index in [-0.39, 0.29) is 11.8 Å². The minimum atomic E-state index is -0.169. The number of nitrogens with zero attached hydrogens (tertiary/aromatic N) is 1. The molecule has 0 bridgehead atoms. The van der Waals surface area contributed by atoms with Crippen molar-refractivity contribution in [3.63, 3.8) is 0 Å². The van der Waals surface area contributed by atoms with Crippen LogP contribution in [-0.4, -0.2) is 42.9 Å². The van der Waals surface area contributed by atoms with Crippen LogP contribution in [0.2, 0.25) is 0 Å². The topological polar surface area (TPSA) is 61.4 Å².